The summed E-state index contributed by atoms with van der Waals surface area (Å²) in [6.07, 6.45) is 0. The minimum absolute atomic E-state index is 0.525. The topological polar surface area (TPSA) is 12.9 Å². The molecule has 0 fully saturated rings. The standard InChI is InChI=1S/C10H11NS/c1-7(2)9-4-3-8-5-6-12-10(8)11-9/h3-7H,1-2H3. The van der Waals surface area contributed by atoms with Crippen molar-refractivity contribution in [3.8, 4) is 0 Å². The Morgan fingerprint density at radius 2 is 2.08 bits per heavy atom. The molecule has 0 bridgehead atoms. The molecule has 0 aliphatic heterocycles. The Balaban J connectivity index is 2.60. The fraction of sp³-hybridized carbons (Fsp3) is 0.300. The van der Waals surface area contributed by atoms with Crippen LogP contribution in [0.1, 0.15) is 25.5 Å². The number of hydrogen-bond donors (Lipinski definition) is 0. The van der Waals surface area contributed by atoms with Gasteiger partial charge in [-0.05, 0) is 23.4 Å². The van der Waals surface area contributed by atoms with Crippen LogP contribution >= 0.6 is 11.3 Å². The molecule has 0 aliphatic rings. The van der Waals surface area contributed by atoms with E-state index in [0.717, 1.165) is 4.83 Å². The Kier molecular flexibility index (Phi) is 1.85. The summed E-state index contributed by atoms with van der Waals surface area (Å²) >= 11 is 1.71. The lowest BCUT2D eigenvalue weighted by molar-refractivity contribution is 0.831. The van der Waals surface area contributed by atoms with Crippen LogP contribution in [0, 0.1) is 0 Å². The molecule has 12 heavy (non-hydrogen) atoms. The van der Waals surface area contributed by atoms with Gasteiger partial charge in [-0.15, -0.1) is 11.3 Å². The van der Waals surface area contributed by atoms with Gasteiger partial charge < -0.3 is 0 Å². The first-order valence-corrected chi connectivity index (χ1v) is 4.99. The van der Waals surface area contributed by atoms with Gasteiger partial charge in [0.2, 0.25) is 0 Å². The van der Waals surface area contributed by atoms with Gasteiger partial charge in [0.15, 0.2) is 0 Å². The summed E-state index contributed by atoms with van der Waals surface area (Å²) in [6, 6.07) is 6.37. The largest absolute Gasteiger partial charge is 0.242 e. The Morgan fingerprint density at radius 3 is 2.83 bits per heavy atom. The molecule has 0 atom stereocenters. The predicted molar refractivity (Wildman–Crippen MR) is 53.7 cm³/mol. The first kappa shape index (κ1) is 7.74. The summed E-state index contributed by atoms with van der Waals surface area (Å²) in [4.78, 5) is 5.71. The van der Waals surface area contributed by atoms with Crippen LogP contribution in [0.2, 0.25) is 0 Å². The average Bonchev–Trinajstić information content (AvgIpc) is 2.49. The van der Waals surface area contributed by atoms with Crippen molar-refractivity contribution in [3.05, 3.63) is 29.3 Å². The lowest BCUT2D eigenvalue weighted by Gasteiger charge is -2.02. The minimum Gasteiger partial charge on any atom is -0.242 e. The second-order valence-electron chi connectivity index (χ2n) is 3.21. The van der Waals surface area contributed by atoms with Crippen LogP contribution < -0.4 is 0 Å². The van der Waals surface area contributed by atoms with Crippen molar-refractivity contribution in [2.24, 2.45) is 0 Å². The Morgan fingerprint density at radius 1 is 1.25 bits per heavy atom. The number of aromatic nitrogens is 1. The van der Waals surface area contributed by atoms with Crippen LogP contribution in [0.4, 0.5) is 0 Å². The molecule has 2 aromatic rings. The zero-order valence-electron chi connectivity index (χ0n) is 7.24. The second-order valence-corrected chi connectivity index (χ2v) is 4.10. The normalized spacial score (nSPS) is 11.2. The molecule has 0 amide bonds. The van der Waals surface area contributed by atoms with Gasteiger partial charge in [-0.3, -0.25) is 0 Å². The fourth-order valence-corrected chi connectivity index (χ4v) is 1.95. The molecule has 1 nitrogen and oxygen atoms in total. The van der Waals surface area contributed by atoms with E-state index in [4.69, 9.17) is 0 Å². The van der Waals surface area contributed by atoms with Crippen LogP contribution in [-0.4, -0.2) is 4.98 Å². The van der Waals surface area contributed by atoms with E-state index in [-0.39, 0.29) is 0 Å². The number of pyridine rings is 1. The van der Waals surface area contributed by atoms with Crippen molar-refractivity contribution in [1.29, 1.82) is 0 Å². The van der Waals surface area contributed by atoms with Crippen molar-refractivity contribution >= 4 is 21.6 Å². The molecule has 2 heteroatoms. The molecule has 2 heterocycles. The summed E-state index contributed by atoms with van der Waals surface area (Å²) in [5.74, 6) is 0.525. The molecule has 0 N–H and O–H groups in total. The van der Waals surface area contributed by atoms with E-state index >= 15 is 0 Å². The van der Waals surface area contributed by atoms with Crippen LogP contribution in [0.3, 0.4) is 0 Å². The number of nitrogens with zero attached hydrogens (tertiary/aromatic N) is 1. The van der Waals surface area contributed by atoms with Crippen molar-refractivity contribution < 1.29 is 0 Å². The molecule has 2 aromatic heterocycles. The number of fused-ring (bicyclic) bond motifs is 1. The van der Waals surface area contributed by atoms with Crippen molar-refractivity contribution in [3.63, 3.8) is 0 Å². The molecule has 62 valence electrons. The molecular formula is C10H11NS. The molecule has 0 aliphatic carbocycles. The maximum Gasteiger partial charge on any atom is 0.123 e. The van der Waals surface area contributed by atoms with Crippen molar-refractivity contribution in [2.75, 3.05) is 0 Å². The molecule has 0 saturated heterocycles. The molecule has 0 spiro atoms. The lowest BCUT2D eigenvalue weighted by atomic mass is 10.1. The molecule has 0 unspecified atom stereocenters. The van der Waals surface area contributed by atoms with Gasteiger partial charge in [-0.2, -0.15) is 0 Å². The Hall–Kier alpha value is -0.890. The van der Waals surface area contributed by atoms with Crippen LogP contribution in [0.25, 0.3) is 10.2 Å². The molecule has 0 radical (unpaired) electrons. The second kappa shape index (κ2) is 2.87. The third-order valence-electron chi connectivity index (χ3n) is 1.93. The van der Waals surface area contributed by atoms with Crippen LogP contribution in [-0.2, 0) is 0 Å². The van der Waals surface area contributed by atoms with Gasteiger partial charge in [0.1, 0.15) is 4.83 Å². The van der Waals surface area contributed by atoms with Crippen molar-refractivity contribution in [1.82, 2.24) is 4.98 Å². The van der Waals surface area contributed by atoms with E-state index in [2.05, 4.69) is 42.4 Å². The highest BCUT2D eigenvalue weighted by molar-refractivity contribution is 7.16. The summed E-state index contributed by atoms with van der Waals surface area (Å²) in [5, 5.41) is 3.34. The maximum atomic E-state index is 4.55. The monoisotopic (exact) mass is 177 g/mol. The highest BCUT2D eigenvalue weighted by Gasteiger charge is 2.02. The molecule has 2 rings (SSSR count). The summed E-state index contributed by atoms with van der Waals surface area (Å²) in [6.45, 7) is 4.34. The van der Waals surface area contributed by atoms with Gasteiger partial charge >= 0.3 is 0 Å². The minimum atomic E-state index is 0.525. The maximum absolute atomic E-state index is 4.55. The first-order valence-electron chi connectivity index (χ1n) is 4.11. The van der Waals surface area contributed by atoms with Gasteiger partial charge in [0.25, 0.3) is 0 Å². The zero-order chi connectivity index (χ0) is 8.55. The van der Waals surface area contributed by atoms with Crippen LogP contribution in [0.15, 0.2) is 23.6 Å². The fourth-order valence-electron chi connectivity index (χ4n) is 1.18. The van der Waals surface area contributed by atoms with Crippen molar-refractivity contribution in [2.45, 2.75) is 19.8 Å². The SMILES string of the molecule is CC(C)c1ccc2ccsc2n1. The van der Waals surface area contributed by atoms with E-state index < -0.39 is 0 Å². The summed E-state index contributed by atoms with van der Waals surface area (Å²) in [5.41, 5.74) is 1.19. The Bertz CT molecular complexity index is 389. The van der Waals surface area contributed by atoms with Gasteiger partial charge in [0, 0.05) is 11.1 Å². The van der Waals surface area contributed by atoms with E-state index in [1.54, 1.807) is 11.3 Å². The van der Waals surface area contributed by atoms with E-state index in [1.165, 1.54) is 11.1 Å². The summed E-state index contributed by atoms with van der Waals surface area (Å²) in [7, 11) is 0. The van der Waals surface area contributed by atoms with Gasteiger partial charge in [-0.1, -0.05) is 19.9 Å². The zero-order valence-corrected chi connectivity index (χ0v) is 8.06. The predicted octanol–water partition coefficient (Wildman–Crippen LogP) is 3.42. The average molecular weight is 177 g/mol. The number of rotatable bonds is 1. The number of hydrogen-bond acceptors (Lipinski definition) is 2. The highest BCUT2D eigenvalue weighted by atomic mass is 32.1. The third-order valence-corrected chi connectivity index (χ3v) is 2.75. The number of thiophene rings is 1. The molecule has 0 aromatic carbocycles. The summed E-state index contributed by atoms with van der Waals surface area (Å²) < 4.78 is 0. The molecular weight excluding hydrogens is 166 g/mol. The van der Waals surface area contributed by atoms with E-state index in [0.29, 0.717) is 5.92 Å². The quantitative estimate of drug-likeness (QED) is 0.650. The lowest BCUT2D eigenvalue weighted by Crippen LogP contribution is -1.90. The van der Waals surface area contributed by atoms with Crippen LogP contribution in [0.5, 0.6) is 0 Å². The van der Waals surface area contributed by atoms with Gasteiger partial charge in [-0.25, -0.2) is 4.98 Å². The first-order chi connectivity index (χ1) is 5.77. The Labute approximate surface area is 76.1 Å². The highest BCUT2D eigenvalue weighted by Crippen LogP contribution is 2.21. The third kappa shape index (κ3) is 1.23. The smallest absolute Gasteiger partial charge is 0.123 e. The van der Waals surface area contributed by atoms with Gasteiger partial charge in [0.05, 0.1) is 0 Å². The molecule has 0 saturated carbocycles. The van der Waals surface area contributed by atoms with E-state index in [9.17, 15) is 0 Å². The van der Waals surface area contributed by atoms with E-state index in [1.807, 2.05) is 0 Å².